The summed E-state index contributed by atoms with van der Waals surface area (Å²) >= 11 is 3.11. The molecule has 2 aliphatic rings. The van der Waals surface area contributed by atoms with Crippen LogP contribution in [0.1, 0.15) is 52.5 Å². The number of hydrogen-bond acceptors (Lipinski definition) is 6. The second kappa shape index (κ2) is 8.79. The maximum Gasteiger partial charge on any atom is 0.316 e. The number of carbonyl (C=O) groups excluding carboxylic acids is 2. The lowest BCUT2D eigenvalue weighted by atomic mass is 10.0. The van der Waals surface area contributed by atoms with Crippen LogP contribution >= 0.6 is 23.1 Å². The first-order valence-corrected chi connectivity index (χ1v) is 12.0. The van der Waals surface area contributed by atoms with E-state index in [2.05, 4.69) is 5.32 Å². The van der Waals surface area contributed by atoms with E-state index in [0.29, 0.717) is 6.61 Å². The first-order chi connectivity index (χ1) is 14.1. The van der Waals surface area contributed by atoms with Crippen molar-refractivity contribution >= 4 is 45.7 Å². The zero-order valence-corrected chi connectivity index (χ0v) is 18.5. The van der Waals surface area contributed by atoms with Crippen LogP contribution in [-0.4, -0.2) is 29.7 Å². The summed E-state index contributed by atoms with van der Waals surface area (Å²) in [7, 11) is 0. The average molecular weight is 431 g/mol. The summed E-state index contributed by atoms with van der Waals surface area (Å²) < 4.78 is 5.08. The van der Waals surface area contributed by atoms with Gasteiger partial charge in [0.25, 0.3) is 5.91 Å². The van der Waals surface area contributed by atoms with Crippen molar-refractivity contribution in [3.63, 3.8) is 0 Å². The van der Waals surface area contributed by atoms with Gasteiger partial charge in [0.2, 0.25) is 0 Å². The van der Waals surface area contributed by atoms with Gasteiger partial charge < -0.3 is 10.1 Å². The topological polar surface area (TPSA) is 58.6 Å². The number of fused-ring (bicyclic) bond motifs is 3. The number of hydrogen-bond donors (Lipinski definition) is 1. The second-order valence-electron chi connectivity index (χ2n) is 7.39. The fraction of sp³-hybridized carbons (Fsp3) is 0.455. The number of rotatable bonds is 5. The number of thiophene rings is 1. The largest absolute Gasteiger partial charge is 0.465 e. The molecule has 0 saturated heterocycles. The van der Waals surface area contributed by atoms with Crippen molar-refractivity contribution in [1.29, 1.82) is 0 Å². The molecule has 1 N–H and O–H groups in total. The minimum atomic E-state index is -0.343. The van der Waals surface area contributed by atoms with Crippen molar-refractivity contribution in [2.75, 3.05) is 22.6 Å². The SMILES string of the molecule is CCOC(=O)CSC1Nc2sc3c(c2C(=O)N1c1ccc(C)cc1)CCCCC3. The summed E-state index contributed by atoms with van der Waals surface area (Å²) in [6.45, 7) is 4.19. The molecule has 1 aromatic carbocycles. The Balaban J connectivity index is 1.69. The number of nitrogens with zero attached hydrogens (tertiary/aromatic N) is 1. The van der Waals surface area contributed by atoms with Crippen LogP contribution in [-0.2, 0) is 22.4 Å². The Labute approximate surface area is 179 Å². The fourth-order valence-corrected chi connectivity index (χ4v) is 6.22. The van der Waals surface area contributed by atoms with Gasteiger partial charge in [0.05, 0.1) is 17.9 Å². The van der Waals surface area contributed by atoms with Gasteiger partial charge >= 0.3 is 5.97 Å². The zero-order chi connectivity index (χ0) is 20.4. The monoisotopic (exact) mass is 430 g/mol. The quantitative estimate of drug-likeness (QED) is 0.536. The predicted octanol–water partition coefficient (Wildman–Crippen LogP) is 4.98. The van der Waals surface area contributed by atoms with Crippen LogP contribution in [0.4, 0.5) is 10.7 Å². The molecule has 5 nitrogen and oxygen atoms in total. The van der Waals surface area contributed by atoms with Crippen LogP contribution in [0.5, 0.6) is 0 Å². The third kappa shape index (κ3) is 4.16. The van der Waals surface area contributed by atoms with Crippen LogP contribution in [0.15, 0.2) is 24.3 Å². The summed E-state index contributed by atoms with van der Waals surface area (Å²) in [6.07, 6.45) is 5.56. The lowest BCUT2D eigenvalue weighted by Gasteiger charge is -2.36. The van der Waals surface area contributed by atoms with Crippen molar-refractivity contribution in [1.82, 2.24) is 0 Å². The van der Waals surface area contributed by atoms with E-state index in [1.54, 1.807) is 23.2 Å². The van der Waals surface area contributed by atoms with E-state index in [-0.39, 0.29) is 23.1 Å². The molecule has 2 aromatic rings. The van der Waals surface area contributed by atoms with Crippen LogP contribution < -0.4 is 10.2 Å². The van der Waals surface area contributed by atoms with Crippen LogP contribution in [0, 0.1) is 6.92 Å². The standard InChI is InChI=1S/C22H26N2O3S2/c1-3-27-18(25)13-28-22-23-20-19(16-7-5-4-6-8-17(16)29-20)21(26)24(22)15-11-9-14(2)10-12-15/h9-12,22-23H,3-8,13H2,1-2H3. The van der Waals surface area contributed by atoms with E-state index < -0.39 is 0 Å². The maximum atomic E-state index is 13.7. The Morgan fingerprint density at radius 2 is 2.00 bits per heavy atom. The molecule has 2 heterocycles. The smallest absolute Gasteiger partial charge is 0.316 e. The molecule has 0 spiro atoms. The van der Waals surface area contributed by atoms with Gasteiger partial charge in [-0.1, -0.05) is 24.1 Å². The number of amides is 1. The maximum absolute atomic E-state index is 13.7. The highest BCUT2D eigenvalue weighted by atomic mass is 32.2. The minimum absolute atomic E-state index is 0.0309. The Kier molecular flexibility index (Phi) is 6.15. The van der Waals surface area contributed by atoms with Gasteiger partial charge in [0.1, 0.15) is 5.00 Å². The normalized spacial score (nSPS) is 18.5. The van der Waals surface area contributed by atoms with Crippen molar-refractivity contribution in [2.45, 2.75) is 51.4 Å². The van der Waals surface area contributed by atoms with Crippen LogP contribution in [0.25, 0.3) is 0 Å². The van der Waals surface area contributed by atoms with Gasteiger partial charge in [-0.3, -0.25) is 14.5 Å². The lowest BCUT2D eigenvalue weighted by Crippen LogP contribution is -2.47. The highest BCUT2D eigenvalue weighted by Crippen LogP contribution is 2.43. The molecule has 154 valence electrons. The van der Waals surface area contributed by atoms with Gasteiger partial charge in [-0.25, -0.2) is 0 Å². The molecule has 1 atom stereocenters. The molecule has 7 heteroatoms. The summed E-state index contributed by atoms with van der Waals surface area (Å²) in [5.41, 5.74) is 3.71. The number of benzene rings is 1. The van der Waals surface area contributed by atoms with Crippen LogP contribution in [0.3, 0.4) is 0 Å². The summed E-state index contributed by atoms with van der Waals surface area (Å²) in [4.78, 5) is 28.8. The molecular weight excluding hydrogens is 404 g/mol. The third-order valence-corrected chi connectivity index (χ3v) is 7.59. The molecule has 1 aromatic heterocycles. The summed E-state index contributed by atoms with van der Waals surface area (Å²) in [5.74, 6) is -0.0339. The van der Waals surface area contributed by atoms with Crippen molar-refractivity contribution < 1.29 is 14.3 Å². The van der Waals surface area contributed by atoms with Gasteiger partial charge in [-0.2, -0.15) is 0 Å². The average Bonchev–Trinajstić information content (AvgIpc) is 2.89. The zero-order valence-electron chi connectivity index (χ0n) is 16.8. The van der Waals surface area contributed by atoms with Gasteiger partial charge in [-0.15, -0.1) is 23.1 Å². The Bertz CT molecular complexity index is 908. The molecule has 0 bridgehead atoms. The van der Waals surface area contributed by atoms with Gasteiger partial charge in [0, 0.05) is 10.6 Å². The van der Waals surface area contributed by atoms with E-state index in [9.17, 15) is 9.59 Å². The fourth-order valence-electron chi connectivity index (χ4n) is 3.90. The van der Waals surface area contributed by atoms with Gasteiger partial charge in [-0.05, 0) is 57.2 Å². The number of thioether (sulfide) groups is 1. The van der Waals surface area contributed by atoms with E-state index in [1.165, 1.54) is 35.0 Å². The number of anilines is 2. The molecule has 1 aliphatic carbocycles. The Morgan fingerprint density at radius 3 is 2.76 bits per heavy atom. The van der Waals surface area contributed by atoms with Crippen molar-refractivity contribution in [2.24, 2.45) is 0 Å². The molecule has 1 unspecified atom stereocenters. The van der Waals surface area contributed by atoms with E-state index in [0.717, 1.165) is 41.1 Å². The number of nitrogens with one attached hydrogen (secondary N) is 1. The molecule has 0 radical (unpaired) electrons. The van der Waals surface area contributed by atoms with Crippen molar-refractivity contribution in [3.05, 3.63) is 45.8 Å². The molecule has 4 rings (SSSR count). The summed E-state index contributed by atoms with van der Waals surface area (Å²) in [6, 6.07) is 7.98. The predicted molar refractivity (Wildman–Crippen MR) is 120 cm³/mol. The van der Waals surface area contributed by atoms with E-state index in [4.69, 9.17) is 4.74 Å². The Morgan fingerprint density at radius 1 is 1.24 bits per heavy atom. The molecule has 0 fully saturated rings. The second-order valence-corrected chi connectivity index (χ2v) is 9.57. The van der Waals surface area contributed by atoms with E-state index in [1.807, 2.05) is 31.2 Å². The first-order valence-electron chi connectivity index (χ1n) is 10.2. The Hall–Kier alpha value is -1.99. The summed E-state index contributed by atoms with van der Waals surface area (Å²) in [5, 5.41) is 4.50. The number of carbonyl (C=O) groups is 2. The highest BCUT2D eigenvalue weighted by Gasteiger charge is 2.38. The number of aryl methyl sites for hydroxylation is 2. The van der Waals surface area contributed by atoms with Gasteiger partial charge in [0.15, 0.2) is 5.50 Å². The molecule has 29 heavy (non-hydrogen) atoms. The number of esters is 1. The van der Waals surface area contributed by atoms with Crippen molar-refractivity contribution in [3.8, 4) is 0 Å². The lowest BCUT2D eigenvalue weighted by molar-refractivity contribution is -0.139. The highest BCUT2D eigenvalue weighted by molar-refractivity contribution is 8.00. The first kappa shape index (κ1) is 20.3. The third-order valence-electron chi connectivity index (χ3n) is 5.32. The number of ether oxygens (including phenoxy) is 1. The minimum Gasteiger partial charge on any atom is -0.465 e. The van der Waals surface area contributed by atoms with E-state index >= 15 is 0 Å². The molecule has 0 saturated carbocycles. The van der Waals surface area contributed by atoms with Crippen LogP contribution in [0.2, 0.25) is 0 Å². The molecule has 1 amide bonds. The molecular formula is C22H26N2O3S2. The molecule has 1 aliphatic heterocycles.